The Labute approximate surface area is 240 Å². The molecule has 3 N–H and O–H groups in total. The normalized spacial score (nSPS) is 12.9. The molecule has 230 valence electrons. The van der Waals surface area contributed by atoms with Crippen molar-refractivity contribution in [3.05, 3.63) is 0 Å². The molecule has 0 saturated heterocycles. The Morgan fingerprint density at radius 3 is 0.816 bits per heavy atom. The third kappa shape index (κ3) is 24.9. The average molecular weight is 541 g/mol. The van der Waals surface area contributed by atoms with Gasteiger partial charge in [-0.15, -0.1) is 0 Å². The van der Waals surface area contributed by atoms with Gasteiger partial charge in [-0.2, -0.15) is 0 Å². The summed E-state index contributed by atoms with van der Waals surface area (Å²) in [5, 5.41) is 30.8. The van der Waals surface area contributed by atoms with Crippen LogP contribution >= 0.6 is 0 Å². The van der Waals surface area contributed by atoms with E-state index >= 15 is 0 Å². The summed E-state index contributed by atoms with van der Waals surface area (Å²) < 4.78 is 0. The Morgan fingerprint density at radius 1 is 0.395 bits per heavy atom. The first-order valence-corrected chi connectivity index (χ1v) is 17.6. The quantitative estimate of drug-likeness (QED) is 0.0743. The summed E-state index contributed by atoms with van der Waals surface area (Å²) in [6.45, 7) is 4.22. The van der Waals surface area contributed by atoms with E-state index in [0.29, 0.717) is 12.8 Å². The van der Waals surface area contributed by atoms with Crippen molar-refractivity contribution in [2.45, 2.75) is 218 Å². The van der Waals surface area contributed by atoms with Gasteiger partial charge in [-0.05, 0) is 12.8 Å². The van der Waals surface area contributed by atoms with Crippen LogP contribution in [0.3, 0.4) is 0 Å². The largest absolute Gasteiger partial charge is 0.394 e. The van der Waals surface area contributed by atoms with Gasteiger partial charge in [0.15, 0.2) is 0 Å². The van der Waals surface area contributed by atoms with Crippen LogP contribution in [-0.2, 0) is 0 Å². The molecule has 0 bridgehead atoms. The fraction of sp³-hybridized carbons (Fsp3) is 1.00. The van der Waals surface area contributed by atoms with Gasteiger partial charge in [0.1, 0.15) is 6.10 Å². The average Bonchev–Trinajstić information content (AvgIpc) is 2.93. The molecule has 0 amide bonds. The highest BCUT2D eigenvalue weighted by Gasteiger charge is 2.33. The van der Waals surface area contributed by atoms with Crippen LogP contribution in [0.2, 0.25) is 0 Å². The topological polar surface area (TPSA) is 60.7 Å². The smallest absolute Gasteiger partial charge is 0.106 e. The van der Waals surface area contributed by atoms with Gasteiger partial charge in [-0.3, -0.25) is 0 Å². The second kappa shape index (κ2) is 29.9. The summed E-state index contributed by atoms with van der Waals surface area (Å²) in [5.41, 5.74) is -1.11. The summed E-state index contributed by atoms with van der Waals surface area (Å²) in [7, 11) is 0. The zero-order valence-electron chi connectivity index (χ0n) is 26.3. The first-order chi connectivity index (χ1) is 18.6. The minimum Gasteiger partial charge on any atom is -0.394 e. The Bertz CT molecular complexity index is 407. The van der Waals surface area contributed by atoms with E-state index in [0.717, 1.165) is 25.7 Å². The second-order valence-electron chi connectivity index (χ2n) is 12.5. The highest BCUT2D eigenvalue weighted by atomic mass is 16.4. The van der Waals surface area contributed by atoms with Gasteiger partial charge in [0.25, 0.3) is 0 Å². The maximum Gasteiger partial charge on any atom is 0.106 e. The molecule has 0 fully saturated rings. The molecular weight excluding hydrogens is 468 g/mol. The molecule has 0 heterocycles. The van der Waals surface area contributed by atoms with Crippen molar-refractivity contribution < 1.29 is 15.3 Å². The number of aliphatic hydroxyl groups excluding tert-OH is 2. The highest BCUT2D eigenvalue weighted by molar-refractivity contribution is 4.86. The van der Waals surface area contributed by atoms with Crippen molar-refractivity contribution in [3.63, 3.8) is 0 Å². The van der Waals surface area contributed by atoms with E-state index < -0.39 is 11.7 Å². The zero-order chi connectivity index (χ0) is 28.0. The number of hydrogen-bond donors (Lipinski definition) is 3. The van der Waals surface area contributed by atoms with E-state index in [9.17, 15) is 15.3 Å². The summed E-state index contributed by atoms with van der Waals surface area (Å²) in [6, 6.07) is 0. The summed E-state index contributed by atoms with van der Waals surface area (Å²) >= 11 is 0. The van der Waals surface area contributed by atoms with E-state index in [1.165, 1.54) is 154 Å². The van der Waals surface area contributed by atoms with Crippen LogP contribution in [0.1, 0.15) is 206 Å². The summed E-state index contributed by atoms with van der Waals surface area (Å²) in [6.07, 6.45) is 37.1. The Morgan fingerprint density at radius 2 is 0.605 bits per heavy atom. The first kappa shape index (κ1) is 37.9. The summed E-state index contributed by atoms with van der Waals surface area (Å²) in [4.78, 5) is 0. The van der Waals surface area contributed by atoms with Crippen molar-refractivity contribution in [2.24, 2.45) is 0 Å². The summed E-state index contributed by atoms with van der Waals surface area (Å²) in [5.74, 6) is 0. The lowest BCUT2D eigenvalue weighted by Crippen LogP contribution is -2.44. The molecule has 0 aliphatic rings. The van der Waals surface area contributed by atoms with E-state index in [-0.39, 0.29) is 6.61 Å². The van der Waals surface area contributed by atoms with Gasteiger partial charge in [0.05, 0.1) is 12.2 Å². The Balaban J connectivity index is 3.66. The predicted octanol–water partition coefficient (Wildman–Crippen LogP) is 10.8. The van der Waals surface area contributed by atoms with Crippen molar-refractivity contribution in [1.29, 1.82) is 0 Å². The van der Waals surface area contributed by atoms with Crippen LogP contribution in [0.4, 0.5) is 0 Å². The lowest BCUT2D eigenvalue weighted by Gasteiger charge is -2.32. The molecule has 3 nitrogen and oxygen atoms in total. The molecule has 0 aromatic carbocycles. The third-order valence-corrected chi connectivity index (χ3v) is 8.72. The van der Waals surface area contributed by atoms with E-state index in [2.05, 4.69) is 13.8 Å². The van der Waals surface area contributed by atoms with Crippen LogP contribution in [-0.4, -0.2) is 33.6 Å². The van der Waals surface area contributed by atoms with Crippen LogP contribution in [0, 0.1) is 0 Å². The minimum atomic E-state index is -1.11. The molecule has 0 aliphatic heterocycles. The van der Waals surface area contributed by atoms with E-state index in [1.54, 1.807) is 0 Å². The number of rotatable bonds is 32. The van der Waals surface area contributed by atoms with Crippen molar-refractivity contribution in [1.82, 2.24) is 0 Å². The van der Waals surface area contributed by atoms with Gasteiger partial charge in [-0.1, -0.05) is 194 Å². The predicted molar refractivity (Wildman–Crippen MR) is 168 cm³/mol. The molecule has 0 radical (unpaired) electrons. The highest BCUT2D eigenvalue weighted by Crippen LogP contribution is 2.27. The van der Waals surface area contributed by atoms with Gasteiger partial charge >= 0.3 is 0 Å². The van der Waals surface area contributed by atoms with Crippen LogP contribution in [0.15, 0.2) is 0 Å². The minimum absolute atomic E-state index is 0.340. The van der Waals surface area contributed by atoms with Crippen molar-refractivity contribution in [2.75, 3.05) is 6.61 Å². The van der Waals surface area contributed by atoms with Crippen molar-refractivity contribution in [3.8, 4) is 0 Å². The lowest BCUT2D eigenvalue weighted by molar-refractivity contribution is -0.106. The Kier molecular flexibility index (Phi) is 29.8. The molecule has 0 saturated carbocycles. The van der Waals surface area contributed by atoms with Crippen LogP contribution < -0.4 is 0 Å². The lowest BCUT2D eigenvalue weighted by atomic mass is 9.85. The second-order valence-corrected chi connectivity index (χ2v) is 12.5. The molecule has 1 atom stereocenters. The molecule has 0 spiro atoms. The fourth-order valence-corrected chi connectivity index (χ4v) is 5.88. The molecule has 0 aliphatic carbocycles. The number of aliphatic hydroxyl groups is 3. The number of hydrogen-bond acceptors (Lipinski definition) is 3. The van der Waals surface area contributed by atoms with Gasteiger partial charge in [0.2, 0.25) is 0 Å². The molecule has 38 heavy (non-hydrogen) atoms. The van der Waals surface area contributed by atoms with Gasteiger partial charge < -0.3 is 15.3 Å². The van der Waals surface area contributed by atoms with Crippen molar-refractivity contribution >= 4 is 0 Å². The molecular formula is C35H72O3. The first-order valence-electron chi connectivity index (χ1n) is 17.6. The Hall–Kier alpha value is -0.120. The van der Waals surface area contributed by atoms with E-state index in [4.69, 9.17) is 0 Å². The SMILES string of the molecule is CCCCCCCCCCCCCCCCC(O)(CCCCCCCCCCCCCCCC)C(O)CO. The molecule has 1 unspecified atom stereocenters. The third-order valence-electron chi connectivity index (χ3n) is 8.72. The maximum atomic E-state index is 11.1. The molecule has 0 aromatic heterocycles. The number of unbranched alkanes of at least 4 members (excludes halogenated alkanes) is 26. The van der Waals surface area contributed by atoms with Crippen LogP contribution in [0.5, 0.6) is 0 Å². The van der Waals surface area contributed by atoms with Gasteiger partial charge in [-0.25, -0.2) is 0 Å². The molecule has 3 heteroatoms. The maximum absolute atomic E-state index is 11.1. The molecule has 0 rings (SSSR count). The van der Waals surface area contributed by atoms with Crippen LogP contribution in [0.25, 0.3) is 0 Å². The standard InChI is InChI=1S/C35H72O3/c1-3-5-7-9-11-13-15-17-19-21-23-25-27-29-31-35(38,34(37)33-36)32-30-28-26-24-22-20-18-16-14-12-10-8-6-4-2/h34,36-38H,3-33H2,1-2H3. The van der Waals surface area contributed by atoms with Gasteiger partial charge in [0, 0.05) is 0 Å². The van der Waals surface area contributed by atoms with E-state index in [1.807, 2.05) is 0 Å². The fourth-order valence-electron chi connectivity index (χ4n) is 5.88. The zero-order valence-corrected chi connectivity index (χ0v) is 26.3. The molecule has 0 aromatic rings. The monoisotopic (exact) mass is 541 g/mol.